The van der Waals surface area contributed by atoms with Crippen LogP contribution in [0.1, 0.15) is 27.2 Å². The third-order valence-corrected chi connectivity index (χ3v) is 6.30. The van der Waals surface area contributed by atoms with E-state index in [1.807, 2.05) is 11.8 Å². The van der Waals surface area contributed by atoms with E-state index in [9.17, 15) is 9.18 Å². The molecule has 6 nitrogen and oxygen atoms in total. The van der Waals surface area contributed by atoms with Crippen molar-refractivity contribution in [1.29, 1.82) is 0 Å². The fourth-order valence-electron chi connectivity index (χ4n) is 4.34. The summed E-state index contributed by atoms with van der Waals surface area (Å²) in [5.74, 6) is -0.386. The van der Waals surface area contributed by atoms with Crippen molar-refractivity contribution in [3.63, 3.8) is 0 Å². The molecule has 0 saturated carbocycles. The first-order valence-electron chi connectivity index (χ1n) is 11.1. The summed E-state index contributed by atoms with van der Waals surface area (Å²) in [7, 11) is 0. The quantitative estimate of drug-likeness (QED) is 0.460. The molecule has 2 aromatic carbocycles. The summed E-state index contributed by atoms with van der Waals surface area (Å²) in [4.78, 5) is 22.3. The second-order valence-corrected chi connectivity index (χ2v) is 8.50. The SMILES string of the molecule is Cc1ccccc1CN1CCN(C(=O)c2cc(-c3ccc(F)cc3)nc3onc(C)c23)CC1. The number of rotatable bonds is 4. The largest absolute Gasteiger partial charge is 0.336 e. The molecule has 5 rings (SSSR count). The van der Waals surface area contributed by atoms with Crippen molar-refractivity contribution in [2.24, 2.45) is 0 Å². The average Bonchev–Trinajstić information content (AvgIpc) is 3.21. The molecule has 7 heteroatoms. The minimum atomic E-state index is -0.324. The van der Waals surface area contributed by atoms with Gasteiger partial charge in [-0.25, -0.2) is 9.37 Å². The topological polar surface area (TPSA) is 62.5 Å². The van der Waals surface area contributed by atoms with Crippen LogP contribution in [-0.2, 0) is 6.54 Å². The van der Waals surface area contributed by atoms with E-state index in [2.05, 4.69) is 46.2 Å². The Morgan fingerprint density at radius 2 is 1.76 bits per heavy atom. The second-order valence-electron chi connectivity index (χ2n) is 8.50. The zero-order valence-electron chi connectivity index (χ0n) is 18.7. The molecule has 1 fully saturated rings. The lowest BCUT2D eigenvalue weighted by atomic mass is 10.0. The highest BCUT2D eigenvalue weighted by Crippen LogP contribution is 2.28. The lowest BCUT2D eigenvalue weighted by molar-refractivity contribution is 0.0630. The maximum absolute atomic E-state index is 13.6. The summed E-state index contributed by atoms with van der Waals surface area (Å²) in [5.41, 5.74) is 5.33. The van der Waals surface area contributed by atoms with E-state index in [-0.39, 0.29) is 11.7 Å². The maximum atomic E-state index is 13.6. The molecule has 3 heterocycles. The smallest absolute Gasteiger partial charge is 0.259 e. The van der Waals surface area contributed by atoms with Crippen LogP contribution >= 0.6 is 0 Å². The molecule has 168 valence electrons. The van der Waals surface area contributed by atoms with Crippen molar-refractivity contribution >= 4 is 17.0 Å². The molecule has 1 aliphatic rings. The van der Waals surface area contributed by atoms with Crippen molar-refractivity contribution in [2.45, 2.75) is 20.4 Å². The average molecular weight is 445 g/mol. The molecule has 2 aromatic heterocycles. The van der Waals surface area contributed by atoms with Gasteiger partial charge in [0.1, 0.15) is 5.82 Å². The number of amides is 1. The van der Waals surface area contributed by atoms with Gasteiger partial charge in [-0.3, -0.25) is 9.69 Å². The maximum Gasteiger partial charge on any atom is 0.259 e. The number of hydrogen-bond acceptors (Lipinski definition) is 5. The molecule has 33 heavy (non-hydrogen) atoms. The summed E-state index contributed by atoms with van der Waals surface area (Å²) in [5, 5.41) is 4.66. The highest BCUT2D eigenvalue weighted by Gasteiger charge is 2.26. The summed E-state index contributed by atoms with van der Waals surface area (Å²) in [6.45, 7) is 7.72. The van der Waals surface area contributed by atoms with Gasteiger partial charge in [0.15, 0.2) is 0 Å². The number of hydrogen-bond donors (Lipinski definition) is 0. The molecule has 1 saturated heterocycles. The lowest BCUT2D eigenvalue weighted by Gasteiger charge is -2.35. The highest BCUT2D eigenvalue weighted by atomic mass is 19.1. The molecular formula is C26H25FN4O2. The third kappa shape index (κ3) is 4.24. The molecule has 0 N–H and O–H groups in total. The Labute approximate surface area is 191 Å². The first-order valence-corrected chi connectivity index (χ1v) is 11.1. The summed E-state index contributed by atoms with van der Waals surface area (Å²) in [6, 6.07) is 16.2. The van der Waals surface area contributed by atoms with Crippen molar-refractivity contribution < 1.29 is 13.7 Å². The number of carbonyl (C=O) groups is 1. The first-order chi connectivity index (χ1) is 16.0. The van der Waals surface area contributed by atoms with Crippen LogP contribution in [0.5, 0.6) is 0 Å². The van der Waals surface area contributed by atoms with Gasteiger partial charge in [-0.2, -0.15) is 0 Å². The molecular weight excluding hydrogens is 419 g/mol. The Kier molecular flexibility index (Phi) is 5.64. The number of piperazine rings is 1. The standard InChI is InChI=1S/C26H25FN4O2/c1-17-5-3-4-6-20(17)16-30-11-13-31(14-12-30)26(32)22-15-23(19-7-9-21(27)10-8-19)28-25-24(22)18(2)29-33-25/h3-10,15H,11-14,16H2,1-2H3. The number of nitrogens with zero attached hydrogens (tertiary/aromatic N) is 4. The van der Waals surface area contributed by atoms with Gasteiger partial charge in [-0.15, -0.1) is 0 Å². The predicted molar refractivity (Wildman–Crippen MR) is 124 cm³/mol. The Hall–Kier alpha value is -3.58. The van der Waals surface area contributed by atoms with Gasteiger partial charge < -0.3 is 9.42 Å². The molecule has 0 bridgehead atoms. The monoisotopic (exact) mass is 444 g/mol. The van der Waals surface area contributed by atoms with Gasteiger partial charge in [-0.05, 0) is 55.3 Å². The van der Waals surface area contributed by atoms with E-state index in [0.29, 0.717) is 46.7 Å². The third-order valence-electron chi connectivity index (χ3n) is 6.30. The number of benzene rings is 2. The lowest BCUT2D eigenvalue weighted by Crippen LogP contribution is -2.48. The zero-order valence-corrected chi connectivity index (χ0v) is 18.7. The fourth-order valence-corrected chi connectivity index (χ4v) is 4.34. The van der Waals surface area contributed by atoms with Crippen LogP contribution < -0.4 is 0 Å². The van der Waals surface area contributed by atoms with Crippen LogP contribution in [-0.4, -0.2) is 52.0 Å². The van der Waals surface area contributed by atoms with Gasteiger partial charge in [0.2, 0.25) is 0 Å². The molecule has 1 amide bonds. The van der Waals surface area contributed by atoms with E-state index in [4.69, 9.17) is 4.52 Å². The van der Waals surface area contributed by atoms with Crippen LogP contribution in [0.4, 0.5) is 4.39 Å². The first kappa shape index (κ1) is 21.3. The number of aryl methyl sites for hydroxylation is 2. The van der Waals surface area contributed by atoms with Gasteiger partial charge >= 0.3 is 0 Å². The van der Waals surface area contributed by atoms with Gasteiger partial charge in [0.05, 0.1) is 22.3 Å². The molecule has 4 aromatic rings. The van der Waals surface area contributed by atoms with E-state index in [1.54, 1.807) is 18.2 Å². The molecule has 0 atom stereocenters. The number of aromatic nitrogens is 2. The van der Waals surface area contributed by atoms with Crippen molar-refractivity contribution in [1.82, 2.24) is 19.9 Å². The van der Waals surface area contributed by atoms with Crippen molar-refractivity contribution in [3.8, 4) is 11.3 Å². The van der Waals surface area contributed by atoms with Gasteiger partial charge in [0, 0.05) is 38.3 Å². The molecule has 0 aliphatic carbocycles. The van der Waals surface area contributed by atoms with Crippen molar-refractivity contribution in [3.05, 3.63) is 82.8 Å². The Morgan fingerprint density at radius 1 is 1.03 bits per heavy atom. The van der Waals surface area contributed by atoms with E-state index < -0.39 is 0 Å². The summed E-state index contributed by atoms with van der Waals surface area (Å²) in [6.07, 6.45) is 0. The summed E-state index contributed by atoms with van der Waals surface area (Å²) < 4.78 is 18.8. The van der Waals surface area contributed by atoms with E-state index in [0.717, 1.165) is 19.6 Å². The zero-order chi connectivity index (χ0) is 22.9. The summed E-state index contributed by atoms with van der Waals surface area (Å²) >= 11 is 0. The Bertz CT molecular complexity index is 1310. The van der Waals surface area contributed by atoms with Crippen LogP contribution in [0, 0.1) is 19.7 Å². The molecule has 1 aliphatic heterocycles. The predicted octanol–water partition coefficient (Wildman–Crippen LogP) is 4.60. The number of carbonyl (C=O) groups excluding carboxylic acids is 1. The highest BCUT2D eigenvalue weighted by molar-refractivity contribution is 6.07. The van der Waals surface area contributed by atoms with Crippen LogP contribution in [0.3, 0.4) is 0 Å². The Morgan fingerprint density at radius 3 is 2.48 bits per heavy atom. The van der Waals surface area contributed by atoms with Crippen molar-refractivity contribution in [2.75, 3.05) is 26.2 Å². The van der Waals surface area contributed by atoms with Crippen LogP contribution in [0.2, 0.25) is 0 Å². The van der Waals surface area contributed by atoms with E-state index in [1.165, 1.54) is 23.3 Å². The van der Waals surface area contributed by atoms with E-state index >= 15 is 0 Å². The number of halogens is 1. The fraction of sp³-hybridized carbons (Fsp3) is 0.269. The van der Waals surface area contributed by atoms with Gasteiger partial charge in [0.25, 0.3) is 11.6 Å². The minimum absolute atomic E-state index is 0.0624. The van der Waals surface area contributed by atoms with Gasteiger partial charge in [-0.1, -0.05) is 29.4 Å². The second kappa shape index (κ2) is 8.75. The number of fused-ring (bicyclic) bond motifs is 1. The Balaban J connectivity index is 1.39. The molecule has 0 unspecified atom stereocenters. The van der Waals surface area contributed by atoms with Crippen LogP contribution in [0.25, 0.3) is 22.4 Å². The minimum Gasteiger partial charge on any atom is -0.336 e. The normalized spacial score (nSPS) is 14.7. The number of pyridine rings is 1. The molecule has 0 spiro atoms. The molecule has 0 radical (unpaired) electrons. The van der Waals surface area contributed by atoms with Crippen LogP contribution in [0.15, 0.2) is 59.1 Å².